The normalized spacial score (nSPS) is 35.9. The van der Waals surface area contributed by atoms with Gasteiger partial charge in [0.2, 0.25) is 0 Å². The molecule has 0 spiro atoms. The number of thioether (sulfide) groups is 2. The molecule has 0 aliphatic carbocycles. The van der Waals surface area contributed by atoms with E-state index in [9.17, 15) is 0 Å². The van der Waals surface area contributed by atoms with Crippen molar-refractivity contribution >= 4 is 29.4 Å². The van der Waals surface area contributed by atoms with Crippen LogP contribution in [0.2, 0.25) is 0 Å². The molecule has 3 nitrogen and oxygen atoms in total. The number of nitrogens with one attached hydrogen (secondary N) is 1. The molecule has 0 saturated carbocycles. The highest BCUT2D eigenvalue weighted by atomic mass is 32.2. The van der Waals surface area contributed by atoms with Gasteiger partial charge in [0, 0.05) is 42.4 Å². The van der Waals surface area contributed by atoms with Gasteiger partial charge in [-0.15, -0.1) is 11.8 Å². The van der Waals surface area contributed by atoms with Crippen molar-refractivity contribution in [3.63, 3.8) is 0 Å². The maximum atomic E-state index is 8.37. The molecule has 17 heavy (non-hydrogen) atoms. The topological polar surface area (TPSA) is 30.3 Å². The Balaban J connectivity index is 1.87. The SMILES string of the molecule is CC1SCC(C(=N)N2CCN(C)CC2)SC1C. The summed E-state index contributed by atoms with van der Waals surface area (Å²) in [4.78, 5) is 4.62. The first-order valence-corrected chi connectivity index (χ1v) is 8.36. The van der Waals surface area contributed by atoms with Crippen molar-refractivity contribution in [2.75, 3.05) is 39.0 Å². The highest BCUT2D eigenvalue weighted by Gasteiger charge is 2.31. The predicted octanol–water partition coefficient (Wildman–Crippen LogP) is 1.84. The van der Waals surface area contributed by atoms with Gasteiger partial charge < -0.3 is 9.80 Å². The third kappa shape index (κ3) is 3.32. The van der Waals surface area contributed by atoms with E-state index in [1.165, 1.54) is 0 Å². The van der Waals surface area contributed by atoms with Crippen LogP contribution in [0, 0.1) is 5.41 Å². The molecule has 1 N–H and O–H groups in total. The van der Waals surface area contributed by atoms with Gasteiger partial charge in [0.1, 0.15) is 5.84 Å². The van der Waals surface area contributed by atoms with E-state index in [2.05, 4.69) is 30.7 Å². The van der Waals surface area contributed by atoms with E-state index in [0.717, 1.165) is 43.0 Å². The van der Waals surface area contributed by atoms with Gasteiger partial charge in [0.25, 0.3) is 0 Å². The molecule has 2 rings (SSSR count). The fourth-order valence-electron chi connectivity index (χ4n) is 2.18. The molecular weight excluding hydrogens is 250 g/mol. The second-order valence-corrected chi connectivity index (χ2v) is 8.04. The zero-order valence-corrected chi connectivity index (χ0v) is 12.6. The van der Waals surface area contributed by atoms with Gasteiger partial charge in [-0.3, -0.25) is 5.41 Å². The van der Waals surface area contributed by atoms with Crippen LogP contribution in [0.1, 0.15) is 13.8 Å². The monoisotopic (exact) mass is 273 g/mol. The van der Waals surface area contributed by atoms with Crippen molar-refractivity contribution in [3.8, 4) is 0 Å². The smallest absolute Gasteiger partial charge is 0.110 e. The van der Waals surface area contributed by atoms with Crippen LogP contribution in [0.5, 0.6) is 0 Å². The van der Waals surface area contributed by atoms with E-state index in [1.807, 2.05) is 23.5 Å². The molecule has 0 bridgehead atoms. The predicted molar refractivity (Wildman–Crippen MR) is 79.6 cm³/mol. The summed E-state index contributed by atoms with van der Waals surface area (Å²) in [6.07, 6.45) is 0. The van der Waals surface area contributed by atoms with Crippen molar-refractivity contribution in [1.29, 1.82) is 5.41 Å². The Kier molecular flexibility index (Phi) is 4.66. The summed E-state index contributed by atoms with van der Waals surface area (Å²) in [7, 11) is 2.16. The highest BCUT2D eigenvalue weighted by Crippen LogP contribution is 2.36. The molecule has 2 heterocycles. The lowest BCUT2D eigenvalue weighted by molar-refractivity contribution is 0.213. The van der Waals surface area contributed by atoms with Crippen molar-refractivity contribution in [2.45, 2.75) is 29.6 Å². The lowest BCUT2D eigenvalue weighted by Crippen LogP contribution is -2.50. The van der Waals surface area contributed by atoms with E-state index < -0.39 is 0 Å². The van der Waals surface area contributed by atoms with Gasteiger partial charge >= 0.3 is 0 Å². The molecule has 0 aromatic heterocycles. The van der Waals surface area contributed by atoms with Gasteiger partial charge in [0.15, 0.2) is 0 Å². The molecule has 0 amide bonds. The minimum atomic E-state index is 0.412. The number of amidine groups is 1. The summed E-state index contributed by atoms with van der Waals surface area (Å²) >= 11 is 4.02. The van der Waals surface area contributed by atoms with Crippen molar-refractivity contribution in [2.24, 2.45) is 0 Å². The Bertz CT molecular complexity index is 277. The molecule has 0 aromatic carbocycles. The third-order valence-electron chi connectivity index (χ3n) is 3.70. The number of piperazine rings is 1. The molecule has 2 aliphatic heterocycles. The number of likely N-dealkylation sites (N-methyl/N-ethyl adjacent to an activating group) is 1. The van der Waals surface area contributed by atoms with Gasteiger partial charge in [-0.05, 0) is 7.05 Å². The summed E-state index contributed by atoms with van der Waals surface area (Å²) in [6.45, 7) is 8.85. The standard InChI is InChI=1S/C12H23N3S2/c1-9-10(2)17-11(8-16-9)12(13)15-6-4-14(3)5-7-15/h9-11,13H,4-8H2,1-3H3. The van der Waals surface area contributed by atoms with E-state index >= 15 is 0 Å². The van der Waals surface area contributed by atoms with Crippen LogP contribution in [0.25, 0.3) is 0 Å². The Morgan fingerprint density at radius 2 is 1.76 bits per heavy atom. The Morgan fingerprint density at radius 3 is 2.35 bits per heavy atom. The summed E-state index contributed by atoms with van der Waals surface area (Å²) in [5, 5.41) is 10.2. The van der Waals surface area contributed by atoms with Crippen LogP contribution in [0.3, 0.4) is 0 Å². The average Bonchev–Trinajstić information content (AvgIpc) is 2.33. The van der Waals surface area contributed by atoms with Gasteiger partial charge in [-0.25, -0.2) is 0 Å². The van der Waals surface area contributed by atoms with Crippen molar-refractivity contribution in [3.05, 3.63) is 0 Å². The zero-order valence-electron chi connectivity index (χ0n) is 11.0. The maximum absolute atomic E-state index is 8.37. The molecular formula is C12H23N3S2. The molecule has 0 aromatic rings. The first-order chi connectivity index (χ1) is 8.08. The number of rotatable bonds is 1. The minimum Gasteiger partial charge on any atom is -0.357 e. The zero-order chi connectivity index (χ0) is 12.4. The van der Waals surface area contributed by atoms with Gasteiger partial charge in [0.05, 0.1) is 5.25 Å². The van der Waals surface area contributed by atoms with E-state index in [-0.39, 0.29) is 0 Å². The molecule has 5 heteroatoms. The summed E-state index contributed by atoms with van der Waals surface area (Å²) in [5.41, 5.74) is 0. The number of hydrogen-bond donors (Lipinski definition) is 1. The summed E-state index contributed by atoms with van der Waals surface area (Å²) < 4.78 is 0. The van der Waals surface area contributed by atoms with E-state index in [4.69, 9.17) is 5.41 Å². The fraction of sp³-hybridized carbons (Fsp3) is 0.917. The lowest BCUT2D eigenvalue weighted by atomic mass is 10.3. The molecule has 2 aliphatic rings. The Labute approximate surface area is 113 Å². The van der Waals surface area contributed by atoms with Crippen molar-refractivity contribution < 1.29 is 0 Å². The second kappa shape index (κ2) is 5.85. The van der Waals surface area contributed by atoms with E-state index in [0.29, 0.717) is 10.5 Å². The fourth-order valence-corrected chi connectivity index (χ4v) is 5.08. The molecule has 0 radical (unpaired) electrons. The Morgan fingerprint density at radius 1 is 1.12 bits per heavy atom. The van der Waals surface area contributed by atoms with E-state index in [1.54, 1.807) is 0 Å². The first kappa shape index (κ1) is 13.6. The van der Waals surface area contributed by atoms with Crippen molar-refractivity contribution in [1.82, 2.24) is 9.80 Å². The first-order valence-electron chi connectivity index (χ1n) is 6.37. The van der Waals surface area contributed by atoms with Crippen LogP contribution < -0.4 is 0 Å². The third-order valence-corrected chi connectivity index (χ3v) is 7.10. The molecule has 3 atom stereocenters. The molecule has 98 valence electrons. The summed E-state index contributed by atoms with van der Waals surface area (Å²) in [6, 6.07) is 0. The van der Waals surface area contributed by atoms with Crippen LogP contribution >= 0.6 is 23.5 Å². The quantitative estimate of drug-likeness (QED) is 0.583. The van der Waals surface area contributed by atoms with Gasteiger partial charge in [-0.2, -0.15) is 11.8 Å². The molecule has 3 unspecified atom stereocenters. The van der Waals surface area contributed by atoms with Crippen LogP contribution in [0.4, 0.5) is 0 Å². The second-order valence-electron chi connectivity index (χ2n) is 5.04. The van der Waals surface area contributed by atoms with Crippen LogP contribution in [0.15, 0.2) is 0 Å². The minimum absolute atomic E-state index is 0.412. The van der Waals surface area contributed by atoms with Gasteiger partial charge in [-0.1, -0.05) is 13.8 Å². The van der Waals surface area contributed by atoms with Crippen LogP contribution in [-0.4, -0.2) is 70.4 Å². The lowest BCUT2D eigenvalue weighted by Gasteiger charge is -2.39. The number of nitrogens with zero attached hydrogens (tertiary/aromatic N) is 2. The maximum Gasteiger partial charge on any atom is 0.110 e. The Hall–Kier alpha value is 0.130. The molecule has 2 saturated heterocycles. The highest BCUT2D eigenvalue weighted by molar-refractivity contribution is 8.08. The molecule has 2 fully saturated rings. The number of hydrogen-bond acceptors (Lipinski definition) is 4. The summed E-state index contributed by atoms with van der Waals surface area (Å²) in [5.74, 6) is 1.98. The van der Waals surface area contributed by atoms with Crippen LogP contribution in [-0.2, 0) is 0 Å². The average molecular weight is 273 g/mol. The largest absolute Gasteiger partial charge is 0.357 e.